The summed E-state index contributed by atoms with van der Waals surface area (Å²) >= 11 is 0. The van der Waals surface area contributed by atoms with Gasteiger partial charge in [-0.05, 0) is 12.5 Å². The summed E-state index contributed by atoms with van der Waals surface area (Å²) in [4.78, 5) is 14.1. The van der Waals surface area contributed by atoms with Crippen molar-refractivity contribution in [3.05, 3.63) is 23.8 Å². The van der Waals surface area contributed by atoms with Crippen LogP contribution < -0.4 is 4.74 Å². The van der Waals surface area contributed by atoms with Crippen molar-refractivity contribution < 1.29 is 9.53 Å². The van der Waals surface area contributed by atoms with Crippen molar-refractivity contribution in [2.45, 2.75) is 25.8 Å². The van der Waals surface area contributed by atoms with Gasteiger partial charge in [0, 0.05) is 5.56 Å². The van der Waals surface area contributed by atoms with E-state index in [1.807, 2.05) is 18.2 Å². The SMILES string of the molecule is CCCC(N=C=O)c1cccc2c1O2. The molecule has 1 atom stereocenters. The average Bonchev–Trinajstić information content (AvgIpc) is 2.95. The number of nitrogens with zero attached hydrogens (tertiary/aromatic N) is 1. The quantitative estimate of drug-likeness (QED) is 0.421. The van der Waals surface area contributed by atoms with E-state index in [2.05, 4.69) is 11.9 Å². The topological polar surface area (TPSA) is 42.0 Å². The van der Waals surface area contributed by atoms with Crippen LogP contribution in [-0.2, 0) is 4.79 Å². The van der Waals surface area contributed by atoms with E-state index in [1.54, 1.807) is 6.08 Å². The fourth-order valence-electron chi connectivity index (χ4n) is 1.60. The zero-order valence-electron chi connectivity index (χ0n) is 7.99. The van der Waals surface area contributed by atoms with E-state index in [9.17, 15) is 4.79 Å². The first-order chi connectivity index (χ1) is 6.86. The number of fused-ring (bicyclic) bond motifs is 1. The van der Waals surface area contributed by atoms with Crippen LogP contribution in [0.15, 0.2) is 23.2 Å². The lowest BCUT2D eigenvalue weighted by atomic mass is 10.0. The molecule has 14 heavy (non-hydrogen) atoms. The molecule has 72 valence electrons. The first kappa shape index (κ1) is 8.97. The van der Waals surface area contributed by atoms with Gasteiger partial charge >= 0.3 is 0 Å². The van der Waals surface area contributed by atoms with Gasteiger partial charge in [-0.2, -0.15) is 4.99 Å². The number of carbonyl (C=O) groups excluding carboxylic acids is 1. The van der Waals surface area contributed by atoms with E-state index in [0.29, 0.717) is 0 Å². The number of hydrogen-bond donors (Lipinski definition) is 0. The van der Waals surface area contributed by atoms with Crippen molar-refractivity contribution in [1.29, 1.82) is 0 Å². The third-order valence-corrected chi connectivity index (χ3v) is 2.31. The predicted molar refractivity (Wildman–Crippen MR) is 52.3 cm³/mol. The highest BCUT2D eigenvalue weighted by Crippen LogP contribution is 2.51. The Bertz CT molecular complexity index is 394. The molecule has 0 fully saturated rings. The van der Waals surface area contributed by atoms with Crippen LogP contribution in [0.5, 0.6) is 11.5 Å². The molecule has 3 heteroatoms. The lowest BCUT2D eigenvalue weighted by Crippen LogP contribution is -1.92. The predicted octanol–water partition coefficient (Wildman–Crippen LogP) is 2.97. The lowest BCUT2D eigenvalue weighted by Gasteiger charge is -2.06. The first-order valence-electron chi connectivity index (χ1n) is 4.74. The van der Waals surface area contributed by atoms with Gasteiger partial charge < -0.3 is 4.74 Å². The molecule has 2 rings (SSSR count). The van der Waals surface area contributed by atoms with Crippen molar-refractivity contribution in [2.24, 2.45) is 4.99 Å². The van der Waals surface area contributed by atoms with Gasteiger partial charge in [0.25, 0.3) is 0 Å². The Labute approximate surface area is 82.4 Å². The summed E-state index contributed by atoms with van der Waals surface area (Å²) in [5, 5.41) is 0. The number of benzene rings is 1. The van der Waals surface area contributed by atoms with Gasteiger partial charge in [-0.3, -0.25) is 0 Å². The summed E-state index contributed by atoms with van der Waals surface area (Å²) in [6.45, 7) is 2.07. The van der Waals surface area contributed by atoms with Crippen LogP contribution in [0.2, 0.25) is 0 Å². The standard InChI is InChI=1S/C11H11NO2/c1-2-4-9(12-7-13)8-5-3-6-10-11(8)14-10/h3,5-6,9H,2,4H2,1H3. The third-order valence-electron chi connectivity index (χ3n) is 2.31. The van der Waals surface area contributed by atoms with E-state index in [1.165, 1.54) is 0 Å². The summed E-state index contributed by atoms with van der Waals surface area (Å²) in [5.41, 5.74) is 1.01. The average molecular weight is 189 g/mol. The van der Waals surface area contributed by atoms with Crippen LogP contribution in [0.25, 0.3) is 0 Å². The molecule has 0 N–H and O–H groups in total. The minimum absolute atomic E-state index is 0.0880. The molecule has 1 aromatic carbocycles. The molecule has 1 aromatic rings. The maximum absolute atomic E-state index is 10.3. The molecule has 3 nitrogen and oxygen atoms in total. The number of para-hydroxylation sites is 1. The molecule has 1 heterocycles. The molecule has 1 aliphatic heterocycles. The van der Waals surface area contributed by atoms with Gasteiger partial charge in [-0.25, -0.2) is 4.79 Å². The van der Waals surface area contributed by atoms with Crippen LogP contribution >= 0.6 is 0 Å². The second-order valence-electron chi connectivity index (χ2n) is 3.30. The maximum atomic E-state index is 10.3. The lowest BCUT2D eigenvalue weighted by molar-refractivity contribution is 0.550. The van der Waals surface area contributed by atoms with Gasteiger partial charge in [0.05, 0.1) is 6.04 Å². The molecular formula is C11H11NO2. The number of aliphatic imine (C=N–C) groups is 1. The first-order valence-corrected chi connectivity index (χ1v) is 4.74. The molecule has 0 aromatic heterocycles. The Morgan fingerprint density at radius 3 is 3.14 bits per heavy atom. The highest BCUT2D eigenvalue weighted by molar-refractivity contribution is 5.60. The Morgan fingerprint density at radius 2 is 2.43 bits per heavy atom. The van der Waals surface area contributed by atoms with E-state index < -0.39 is 0 Å². The maximum Gasteiger partial charge on any atom is 0.235 e. The monoisotopic (exact) mass is 189 g/mol. The third kappa shape index (κ3) is 1.54. The van der Waals surface area contributed by atoms with Crippen molar-refractivity contribution in [3.8, 4) is 11.5 Å². The number of hydrogen-bond acceptors (Lipinski definition) is 3. The Kier molecular flexibility index (Phi) is 2.33. The largest absolute Gasteiger partial charge is 0.449 e. The fraction of sp³-hybridized carbons (Fsp3) is 0.364. The smallest absolute Gasteiger partial charge is 0.235 e. The van der Waals surface area contributed by atoms with Gasteiger partial charge in [-0.1, -0.05) is 25.5 Å². The molecule has 0 saturated carbocycles. The van der Waals surface area contributed by atoms with Crippen LogP contribution in [-0.4, -0.2) is 6.08 Å². The van der Waals surface area contributed by atoms with Crippen LogP contribution in [0, 0.1) is 0 Å². The van der Waals surface area contributed by atoms with Crippen molar-refractivity contribution in [2.75, 3.05) is 0 Å². The van der Waals surface area contributed by atoms with Gasteiger partial charge in [-0.15, -0.1) is 0 Å². The van der Waals surface area contributed by atoms with Crippen molar-refractivity contribution in [3.63, 3.8) is 0 Å². The zero-order valence-corrected chi connectivity index (χ0v) is 7.99. The summed E-state index contributed by atoms with van der Waals surface area (Å²) in [6.07, 6.45) is 3.46. The van der Waals surface area contributed by atoms with Gasteiger partial charge in [0.2, 0.25) is 6.08 Å². The highest BCUT2D eigenvalue weighted by atomic mass is 16.6. The molecule has 0 radical (unpaired) electrons. The van der Waals surface area contributed by atoms with Gasteiger partial charge in [0.15, 0.2) is 11.5 Å². The van der Waals surface area contributed by atoms with Crippen LogP contribution in [0.4, 0.5) is 0 Å². The number of isocyanates is 1. The Hall–Kier alpha value is -1.60. The van der Waals surface area contributed by atoms with E-state index >= 15 is 0 Å². The van der Waals surface area contributed by atoms with E-state index in [-0.39, 0.29) is 6.04 Å². The molecule has 0 spiro atoms. The number of rotatable bonds is 4. The Morgan fingerprint density at radius 1 is 1.57 bits per heavy atom. The van der Waals surface area contributed by atoms with Crippen molar-refractivity contribution in [1.82, 2.24) is 0 Å². The molecule has 0 amide bonds. The van der Waals surface area contributed by atoms with E-state index in [4.69, 9.17) is 4.74 Å². The van der Waals surface area contributed by atoms with E-state index in [0.717, 1.165) is 29.9 Å². The van der Waals surface area contributed by atoms with Gasteiger partial charge in [0.1, 0.15) is 0 Å². The molecule has 1 aliphatic rings. The fourth-order valence-corrected chi connectivity index (χ4v) is 1.60. The molecular weight excluding hydrogens is 178 g/mol. The second-order valence-corrected chi connectivity index (χ2v) is 3.30. The Balaban J connectivity index is 2.28. The summed E-state index contributed by atoms with van der Waals surface area (Å²) in [5.74, 6) is 1.80. The molecule has 0 saturated heterocycles. The minimum atomic E-state index is -0.0880. The summed E-state index contributed by atoms with van der Waals surface area (Å²) in [7, 11) is 0. The molecule has 0 aliphatic carbocycles. The summed E-state index contributed by atoms with van der Waals surface area (Å²) < 4.78 is 5.25. The molecule has 0 bridgehead atoms. The normalized spacial score (nSPS) is 13.5. The summed E-state index contributed by atoms with van der Waals surface area (Å²) in [6, 6.07) is 5.69. The second kappa shape index (κ2) is 3.64. The van der Waals surface area contributed by atoms with Crippen LogP contribution in [0.1, 0.15) is 31.4 Å². The highest BCUT2D eigenvalue weighted by Gasteiger charge is 2.27. The van der Waals surface area contributed by atoms with Crippen LogP contribution in [0.3, 0.4) is 0 Å². The van der Waals surface area contributed by atoms with Crippen molar-refractivity contribution >= 4 is 6.08 Å². The number of ether oxygens (including phenoxy) is 1. The minimum Gasteiger partial charge on any atom is -0.449 e. The molecule has 1 unspecified atom stereocenters. The zero-order chi connectivity index (χ0) is 9.97.